The summed E-state index contributed by atoms with van der Waals surface area (Å²) < 4.78 is 5.10. The molecule has 156 valence electrons. The van der Waals surface area contributed by atoms with Gasteiger partial charge >= 0.3 is 0 Å². The SMILES string of the molecule is Cc1ccc(N2C(=O)CC(C(=O)NCCCc3nc(C)no3)C2c2cccs2)cc1. The summed E-state index contributed by atoms with van der Waals surface area (Å²) in [4.78, 5) is 32.9. The molecule has 1 saturated heterocycles. The molecule has 4 rings (SSSR count). The summed E-state index contributed by atoms with van der Waals surface area (Å²) in [6, 6.07) is 11.5. The summed E-state index contributed by atoms with van der Waals surface area (Å²) in [6.45, 7) is 4.28. The second-order valence-electron chi connectivity index (χ2n) is 7.50. The monoisotopic (exact) mass is 424 g/mol. The Morgan fingerprint density at radius 2 is 2.07 bits per heavy atom. The van der Waals surface area contributed by atoms with Crippen LogP contribution in [0.2, 0.25) is 0 Å². The van der Waals surface area contributed by atoms with E-state index in [9.17, 15) is 9.59 Å². The minimum atomic E-state index is -0.428. The van der Waals surface area contributed by atoms with E-state index < -0.39 is 5.92 Å². The average Bonchev–Trinajstić information content (AvgIpc) is 3.46. The minimum Gasteiger partial charge on any atom is -0.356 e. The van der Waals surface area contributed by atoms with E-state index in [1.54, 1.807) is 23.2 Å². The second-order valence-corrected chi connectivity index (χ2v) is 8.48. The molecular weight excluding hydrogens is 400 g/mol. The number of thiophene rings is 1. The van der Waals surface area contributed by atoms with E-state index in [1.165, 1.54) is 0 Å². The van der Waals surface area contributed by atoms with Crippen molar-refractivity contribution < 1.29 is 14.1 Å². The molecule has 2 amide bonds. The number of hydrogen-bond acceptors (Lipinski definition) is 6. The van der Waals surface area contributed by atoms with E-state index in [0.717, 1.165) is 16.1 Å². The van der Waals surface area contributed by atoms with Gasteiger partial charge in [-0.3, -0.25) is 9.59 Å². The lowest BCUT2D eigenvalue weighted by atomic mass is 9.97. The molecule has 3 aromatic rings. The fraction of sp³-hybridized carbons (Fsp3) is 0.364. The molecule has 8 heteroatoms. The van der Waals surface area contributed by atoms with Gasteiger partial charge in [0, 0.05) is 30.0 Å². The quantitative estimate of drug-likeness (QED) is 0.586. The molecule has 2 aromatic heterocycles. The lowest BCUT2D eigenvalue weighted by Gasteiger charge is -2.27. The second kappa shape index (κ2) is 8.79. The van der Waals surface area contributed by atoms with Crippen molar-refractivity contribution in [3.63, 3.8) is 0 Å². The van der Waals surface area contributed by atoms with Crippen molar-refractivity contribution in [1.29, 1.82) is 0 Å². The predicted octanol–water partition coefficient (Wildman–Crippen LogP) is 3.59. The lowest BCUT2D eigenvalue weighted by Crippen LogP contribution is -2.36. The van der Waals surface area contributed by atoms with E-state index >= 15 is 0 Å². The Kier molecular flexibility index (Phi) is 5.94. The highest BCUT2D eigenvalue weighted by Gasteiger charge is 2.45. The molecule has 1 fully saturated rings. The molecule has 30 heavy (non-hydrogen) atoms. The number of carbonyl (C=O) groups is 2. The third-order valence-electron chi connectivity index (χ3n) is 5.24. The van der Waals surface area contributed by atoms with Crippen LogP contribution in [0, 0.1) is 19.8 Å². The van der Waals surface area contributed by atoms with Gasteiger partial charge in [0.1, 0.15) is 0 Å². The minimum absolute atomic E-state index is 0.0289. The maximum atomic E-state index is 13.0. The van der Waals surface area contributed by atoms with Crippen molar-refractivity contribution in [1.82, 2.24) is 15.5 Å². The number of nitrogens with one attached hydrogen (secondary N) is 1. The number of aryl methyl sites for hydroxylation is 3. The highest BCUT2D eigenvalue weighted by molar-refractivity contribution is 7.10. The van der Waals surface area contributed by atoms with Gasteiger partial charge in [-0.05, 0) is 43.8 Å². The van der Waals surface area contributed by atoms with Crippen LogP contribution in [-0.4, -0.2) is 28.5 Å². The van der Waals surface area contributed by atoms with Crippen LogP contribution >= 0.6 is 11.3 Å². The van der Waals surface area contributed by atoms with Crippen LogP contribution in [-0.2, 0) is 16.0 Å². The molecule has 2 atom stereocenters. The molecule has 0 spiro atoms. The van der Waals surface area contributed by atoms with E-state index in [0.29, 0.717) is 31.1 Å². The average molecular weight is 425 g/mol. The molecule has 0 aliphatic carbocycles. The molecule has 0 bridgehead atoms. The zero-order valence-electron chi connectivity index (χ0n) is 17.0. The number of aromatic nitrogens is 2. The summed E-state index contributed by atoms with van der Waals surface area (Å²) in [5.41, 5.74) is 1.95. The number of benzene rings is 1. The first-order valence-corrected chi connectivity index (χ1v) is 10.9. The molecule has 1 N–H and O–H groups in total. The first-order valence-electron chi connectivity index (χ1n) is 10.0. The molecule has 7 nitrogen and oxygen atoms in total. The predicted molar refractivity (Wildman–Crippen MR) is 114 cm³/mol. The highest BCUT2D eigenvalue weighted by Crippen LogP contribution is 2.43. The first-order chi connectivity index (χ1) is 14.5. The van der Waals surface area contributed by atoms with Crippen molar-refractivity contribution >= 4 is 28.8 Å². The van der Waals surface area contributed by atoms with Crippen LogP contribution in [0.15, 0.2) is 46.3 Å². The number of hydrogen-bond donors (Lipinski definition) is 1. The van der Waals surface area contributed by atoms with Crippen LogP contribution in [0.5, 0.6) is 0 Å². The molecule has 2 unspecified atom stereocenters. The van der Waals surface area contributed by atoms with E-state index in [1.807, 2.05) is 48.7 Å². The summed E-state index contributed by atoms with van der Waals surface area (Å²) >= 11 is 1.57. The number of nitrogens with zero attached hydrogens (tertiary/aromatic N) is 3. The molecule has 0 radical (unpaired) electrons. The fourth-order valence-electron chi connectivity index (χ4n) is 3.79. The van der Waals surface area contributed by atoms with Gasteiger partial charge in [0.15, 0.2) is 5.82 Å². The third kappa shape index (κ3) is 4.28. The Bertz CT molecular complexity index is 1010. The maximum Gasteiger partial charge on any atom is 0.228 e. The van der Waals surface area contributed by atoms with E-state index in [2.05, 4.69) is 15.5 Å². The zero-order chi connectivity index (χ0) is 21.1. The molecule has 1 aromatic carbocycles. The fourth-order valence-corrected chi connectivity index (χ4v) is 4.67. The zero-order valence-corrected chi connectivity index (χ0v) is 17.8. The van der Waals surface area contributed by atoms with Gasteiger partial charge in [-0.2, -0.15) is 4.98 Å². The smallest absolute Gasteiger partial charge is 0.228 e. The molecule has 1 aliphatic rings. The Morgan fingerprint density at radius 3 is 2.73 bits per heavy atom. The van der Waals surface area contributed by atoms with Crippen LogP contribution < -0.4 is 10.2 Å². The Hall–Kier alpha value is -3.00. The van der Waals surface area contributed by atoms with Crippen LogP contribution in [0.25, 0.3) is 0 Å². The Labute approximate surface area is 179 Å². The van der Waals surface area contributed by atoms with Crippen molar-refractivity contribution in [2.45, 2.75) is 39.2 Å². The summed E-state index contributed by atoms with van der Waals surface area (Å²) in [7, 11) is 0. The summed E-state index contributed by atoms with van der Waals surface area (Å²) in [5.74, 6) is 0.619. The lowest BCUT2D eigenvalue weighted by molar-refractivity contribution is -0.126. The maximum absolute atomic E-state index is 13.0. The van der Waals surface area contributed by atoms with E-state index in [-0.39, 0.29) is 24.3 Å². The van der Waals surface area contributed by atoms with Crippen LogP contribution in [0.1, 0.15) is 41.0 Å². The molecule has 3 heterocycles. The topological polar surface area (TPSA) is 88.3 Å². The van der Waals surface area contributed by atoms with Crippen LogP contribution in [0.4, 0.5) is 5.69 Å². The molecule has 1 aliphatic heterocycles. The van der Waals surface area contributed by atoms with Crippen molar-refractivity contribution in [2.75, 3.05) is 11.4 Å². The van der Waals surface area contributed by atoms with Gasteiger partial charge in [0.2, 0.25) is 17.7 Å². The highest BCUT2D eigenvalue weighted by atomic mass is 32.1. The summed E-state index contributed by atoms with van der Waals surface area (Å²) in [5, 5.41) is 8.74. The van der Waals surface area contributed by atoms with Gasteiger partial charge in [0.05, 0.1) is 12.0 Å². The third-order valence-corrected chi connectivity index (χ3v) is 6.19. The van der Waals surface area contributed by atoms with Gasteiger partial charge in [-0.1, -0.05) is 28.9 Å². The normalized spacial score (nSPS) is 18.7. The van der Waals surface area contributed by atoms with Crippen molar-refractivity contribution in [2.24, 2.45) is 5.92 Å². The summed E-state index contributed by atoms with van der Waals surface area (Å²) in [6.07, 6.45) is 1.50. The molecule has 0 saturated carbocycles. The number of amides is 2. The van der Waals surface area contributed by atoms with E-state index in [4.69, 9.17) is 4.52 Å². The number of rotatable bonds is 7. The Balaban J connectivity index is 1.46. The van der Waals surface area contributed by atoms with Crippen molar-refractivity contribution in [3.8, 4) is 0 Å². The van der Waals surface area contributed by atoms with Gasteiger partial charge in [-0.15, -0.1) is 11.3 Å². The van der Waals surface area contributed by atoms with Gasteiger partial charge in [-0.25, -0.2) is 0 Å². The van der Waals surface area contributed by atoms with Gasteiger partial charge in [0.25, 0.3) is 0 Å². The molecular formula is C22H24N4O3S. The number of anilines is 1. The van der Waals surface area contributed by atoms with Crippen LogP contribution in [0.3, 0.4) is 0 Å². The van der Waals surface area contributed by atoms with Gasteiger partial charge < -0.3 is 14.7 Å². The largest absolute Gasteiger partial charge is 0.356 e. The standard InChI is InChI=1S/C22H24N4O3S/c1-14-7-9-16(10-8-14)26-20(27)13-17(21(26)18-5-4-12-30-18)22(28)23-11-3-6-19-24-15(2)25-29-19/h4-5,7-10,12,17,21H,3,6,11,13H2,1-2H3,(H,23,28). The Morgan fingerprint density at radius 1 is 1.27 bits per heavy atom. The first kappa shape index (κ1) is 20.3. The van der Waals surface area contributed by atoms with Crippen molar-refractivity contribution in [3.05, 3.63) is 63.9 Å². The number of carbonyl (C=O) groups excluding carboxylic acids is 2.